The lowest BCUT2D eigenvalue weighted by molar-refractivity contribution is -0.151. The van der Waals surface area contributed by atoms with Crippen molar-refractivity contribution in [3.8, 4) is 0 Å². The Kier molecular flexibility index (Phi) is 4.16. The normalized spacial score (nSPS) is 31.5. The van der Waals surface area contributed by atoms with Crippen molar-refractivity contribution < 1.29 is 19.1 Å². The third-order valence-electron chi connectivity index (χ3n) is 3.65. The van der Waals surface area contributed by atoms with E-state index in [4.69, 9.17) is 4.74 Å². The molecule has 2 saturated heterocycles. The highest BCUT2D eigenvalue weighted by Crippen LogP contribution is 2.16. The Bertz CT molecular complexity index is 398. The zero-order valence-corrected chi connectivity index (χ0v) is 11.1. The van der Waals surface area contributed by atoms with Crippen molar-refractivity contribution in [2.75, 3.05) is 20.2 Å². The molecule has 0 spiro atoms. The van der Waals surface area contributed by atoms with E-state index in [-0.39, 0.29) is 24.6 Å². The summed E-state index contributed by atoms with van der Waals surface area (Å²) in [4.78, 5) is 36.9. The summed E-state index contributed by atoms with van der Waals surface area (Å²) < 4.78 is 5.19. The molecule has 0 saturated carbocycles. The second-order valence-electron chi connectivity index (χ2n) is 4.86. The number of amides is 3. The van der Waals surface area contributed by atoms with Crippen LogP contribution in [0.3, 0.4) is 0 Å². The van der Waals surface area contributed by atoms with Crippen molar-refractivity contribution in [3.63, 3.8) is 0 Å². The molecule has 0 radical (unpaired) electrons. The summed E-state index contributed by atoms with van der Waals surface area (Å²) >= 11 is 0. The van der Waals surface area contributed by atoms with Crippen molar-refractivity contribution in [3.05, 3.63) is 0 Å². The fraction of sp³-hybridized carbons (Fsp3) is 0.750. The first kappa shape index (κ1) is 14.0. The van der Waals surface area contributed by atoms with Gasteiger partial charge in [-0.05, 0) is 12.8 Å². The summed E-state index contributed by atoms with van der Waals surface area (Å²) in [7, 11) is 1.60. The lowest BCUT2D eigenvalue weighted by Gasteiger charge is -2.35. The lowest BCUT2D eigenvalue weighted by atomic mass is 10.1. The predicted octanol–water partition coefficient (Wildman–Crippen LogP) is -1.37. The molecule has 2 aliphatic rings. The molecule has 19 heavy (non-hydrogen) atoms. The van der Waals surface area contributed by atoms with E-state index < -0.39 is 17.9 Å². The molecule has 2 heterocycles. The van der Waals surface area contributed by atoms with E-state index in [2.05, 4.69) is 10.6 Å². The highest BCUT2D eigenvalue weighted by atomic mass is 16.5. The number of hydrogen-bond donors (Lipinski definition) is 2. The van der Waals surface area contributed by atoms with Crippen LogP contribution in [0.25, 0.3) is 0 Å². The van der Waals surface area contributed by atoms with E-state index in [0.717, 1.165) is 0 Å². The first-order chi connectivity index (χ1) is 9.06. The van der Waals surface area contributed by atoms with Crippen LogP contribution in [-0.2, 0) is 19.1 Å². The molecule has 7 heteroatoms. The number of nitrogens with one attached hydrogen (secondary N) is 2. The number of methoxy groups -OCH3 is 1. The molecule has 106 valence electrons. The maximum Gasteiger partial charge on any atom is 0.249 e. The standard InChI is InChI=1S/C12H19N3O4/c1-3-9-11(17)14-10(16)6-15(9)12(18)8-4-7(19-2)5-13-8/h7-9,13H,3-6H2,1-2H3,(H,14,16,17). The molecule has 0 aromatic carbocycles. The molecular formula is C12H19N3O4. The molecule has 2 N–H and O–H groups in total. The number of carbonyl (C=O) groups excluding carboxylic acids is 3. The van der Waals surface area contributed by atoms with Crippen LogP contribution in [0, 0.1) is 0 Å². The van der Waals surface area contributed by atoms with Gasteiger partial charge in [-0.1, -0.05) is 6.92 Å². The molecule has 7 nitrogen and oxygen atoms in total. The van der Waals surface area contributed by atoms with E-state index >= 15 is 0 Å². The summed E-state index contributed by atoms with van der Waals surface area (Å²) in [6.45, 7) is 2.37. The zero-order chi connectivity index (χ0) is 14.0. The molecule has 2 fully saturated rings. The average Bonchev–Trinajstić information content (AvgIpc) is 2.85. The van der Waals surface area contributed by atoms with Gasteiger partial charge in [-0.25, -0.2) is 0 Å². The highest BCUT2D eigenvalue weighted by Gasteiger charge is 2.40. The van der Waals surface area contributed by atoms with Gasteiger partial charge < -0.3 is 15.0 Å². The van der Waals surface area contributed by atoms with Crippen LogP contribution in [-0.4, -0.2) is 61.0 Å². The molecule has 3 unspecified atom stereocenters. The number of carbonyl (C=O) groups is 3. The van der Waals surface area contributed by atoms with Gasteiger partial charge in [0.15, 0.2) is 0 Å². The Labute approximate surface area is 111 Å². The van der Waals surface area contributed by atoms with Gasteiger partial charge in [0.1, 0.15) is 12.6 Å². The summed E-state index contributed by atoms with van der Waals surface area (Å²) in [5.41, 5.74) is 0. The molecule has 0 bridgehead atoms. The van der Waals surface area contributed by atoms with Crippen LogP contribution in [0.4, 0.5) is 0 Å². The number of ether oxygens (including phenoxy) is 1. The van der Waals surface area contributed by atoms with Crippen LogP contribution in [0.2, 0.25) is 0 Å². The smallest absolute Gasteiger partial charge is 0.249 e. The maximum absolute atomic E-state index is 12.4. The summed E-state index contributed by atoms with van der Waals surface area (Å²) in [5.74, 6) is -1.02. The molecule has 3 atom stereocenters. The van der Waals surface area contributed by atoms with E-state index in [9.17, 15) is 14.4 Å². The first-order valence-electron chi connectivity index (χ1n) is 6.47. The largest absolute Gasteiger partial charge is 0.380 e. The van der Waals surface area contributed by atoms with Crippen molar-refractivity contribution in [2.24, 2.45) is 0 Å². The van der Waals surface area contributed by atoms with Crippen LogP contribution in [0.15, 0.2) is 0 Å². The second kappa shape index (κ2) is 5.66. The number of hydrogen-bond acceptors (Lipinski definition) is 5. The minimum absolute atomic E-state index is 0.00310. The van der Waals surface area contributed by atoms with E-state index in [1.54, 1.807) is 7.11 Å². The molecular weight excluding hydrogens is 250 g/mol. The summed E-state index contributed by atoms with van der Waals surface area (Å²) in [6, 6.07) is -0.939. The molecule has 0 aromatic heterocycles. The van der Waals surface area contributed by atoms with E-state index in [1.807, 2.05) is 6.92 Å². The highest BCUT2D eigenvalue weighted by molar-refractivity contribution is 6.04. The summed E-state index contributed by atoms with van der Waals surface area (Å²) in [5, 5.41) is 5.33. The van der Waals surface area contributed by atoms with Gasteiger partial charge in [0.25, 0.3) is 0 Å². The van der Waals surface area contributed by atoms with Gasteiger partial charge >= 0.3 is 0 Å². The topological polar surface area (TPSA) is 87.7 Å². The zero-order valence-electron chi connectivity index (χ0n) is 11.1. The Morgan fingerprint density at radius 3 is 2.79 bits per heavy atom. The van der Waals surface area contributed by atoms with E-state index in [1.165, 1.54) is 4.90 Å². The monoisotopic (exact) mass is 269 g/mol. The Morgan fingerprint density at radius 2 is 2.21 bits per heavy atom. The Balaban J connectivity index is 2.08. The molecule has 2 aliphatic heterocycles. The molecule has 3 amide bonds. The van der Waals surface area contributed by atoms with Gasteiger partial charge in [-0.2, -0.15) is 0 Å². The van der Waals surface area contributed by atoms with Gasteiger partial charge in [-0.15, -0.1) is 0 Å². The van der Waals surface area contributed by atoms with Crippen molar-refractivity contribution in [1.82, 2.24) is 15.5 Å². The minimum atomic E-state index is -0.561. The van der Waals surface area contributed by atoms with Gasteiger partial charge in [0, 0.05) is 13.7 Å². The van der Waals surface area contributed by atoms with Crippen molar-refractivity contribution in [1.29, 1.82) is 0 Å². The minimum Gasteiger partial charge on any atom is -0.380 e. The molecule has 2 rings (SSSR count). The van der Waals surface area contributed by atoms with Gasteiger partial charge in [0.2, 0.25) is 17.7 Å². The Morgan fingerprint density at radius 1 is 1.47 bits per heavy atom. The number of imide groups is 1. The van der Waals surface area contributed by atoms with Gasteiger partial charge in [-0.3, -0.25) is 19.7 Å². The third-order valence-corrected chi connectivity index (χ3v) is 3.65. The lowest BCUT2D eigenvalue weighted by Crippen LogP contribution is -2.62. The Hall–Kier alpha value is -1.47. The predicted molar refractivity (Wildman–Crippen MR) is 66.1 cm³/mol. The first-order valence-corrected chi connectivity index (χ1v) is 6.47. The third kappa shape index (κ3) is 2.76. The van der Waals surface area contributed by atoms with Crippen LogP contribution in [0.1, 0.15) is 19.8 Å². The van der Waals surface area contributed by atoms with Crippen molar-refractivity contribution in [2.45, 2.75) is 38.0 Å². The molecule has 0 aliphatic carbocycles. The van der Waals surface area contributed by atoms with Crippen LogP contribution in [0.5, 0.6) is 0 Å². The van der Waals surface area contributed by atoms with Gasteiger partial charge in [0.05, 0.1) is 12.1 Å². The fourth-order valence-corrected chi connectivity index (χ4v) is 2.58. The number of rotatable bonds is 3. The average molecular weight is 269 g/mol. The van der Waals surface area contributed by atoms with Crippen molar-refractivity contribution >= 4 is 17.7 Å². The number of piperazine rings is 1. The van der Waals surface area contributed by atoms with Crippen LogP contribution < -0.4 is 10.6 Å². The maximum atomic E-state index is 12.4. The second-order valence-corrected chi connectivity index (χ2v) is 4.86. The molecule has 0 aromatic rings. The number of nitrogens with zero attached hydrogens (tertiary/aromatic N) is 1. The van der Waals surface area contributed by atoms with E-state index in [0.29, 0.717) is 19.4 Å². The quantitative estimate of drug-likeness (QED) is 0.617. The van der Waals surface area contributed by atoms with Crippen LogP contribution >= 0.6 is 0 Å². The SMILES string of the molecule is CCC1C(=O)NC(=O)CN1C(=O)C1CC(OC)CN1. The summed E-state index contributed by atoms with van der Waals surface area (Å²) in [6.07, 6.45) is 1.06. The fourth-order valence-electron chi connectivity index (χ4n) is 2.58.